The molecule has 0 aliphatic heterocycles. The van der Waals surface area contributed by atoms with E-state index in [4.69, 9.17) is 9.94 Å². The van der Waals surface area contributed by atoms with Gasteiger partial charge in [-0.2, -0.15) is 0 Å². The number of benzene rings is 2. The number of phenolic OH excluding ortho intramolecular Hbond substituents is 1. The number of hydrogen-bond donors (Lipinski definition) is 2. The van der Waals surface area contributed by atoms with Crippen molar-refractivity contribution in [3.05, 3.63) is 47.8 Å². The molecule has 0 unspecified atom stereocenters. The van der Waals surface area contributed by atoms with E-state index in [1.165, 1.54) is 25.3 Å². The molecule has 0 aromatic heterocycles. The molecule has 0 aliphatic carbocycles. The fourth-order valence-electron chi connectivity index (χ4n) is 1.75. The molecule has 0 fully saturated rings. The van der Waals surface area contributed by atoms with E-state index in [-0.39, 0.29) is 11.5 Å². The van der Waals surface area contributed by atoms with Crippen LogP contribution in [0.25, 0.3) is 11.1 Å². The Balaban J connectivity index is 2.47. The lowest BCUT2D eigenvalue weighted by Crippen LogP contribution is -1.90. The van der Waals surface area contributed by atoms with E-state index in [2.05, 4.69) is 5.16 Å². The van der Waals surface area contributed by atoms with Crippen LogP contribution < -0.4 is 4.74 Å². The smallest absolute Gasteiger partial charge is 0.165 e. The first-order valence-corrected chi connectivity index (χ1v) is 5.50. The lowest BCUT2D eigenvalue weighted by atomic mass is 10.0. The van der Waals surface area contributed by atoms with E-state index in [0.717, 1.165) is 6.21 Å². The second kappa shape index (κ2) is 5.39. The highest BCUT2D eigenvalue weighted by atomic mass is 19.1. The highest BCUT2D eigenvalue weighted by Gasteiger charge is 2.07. The van der Waals surface area contributed by atoms with Crippen LogP contribution in [0.3, 0.4) is 0 Å². The van der Waals surface area contributed by atoms with E-state index >= 15 is 0 Å². The molecule has 19 heavy (non-hydrogen) atoms. The third-order valence-corrected chi connectivity index (χ3v) is 2.71. The molecule has 0 saturated heterocycles. The van der Waals surface area contributed by atoms with Gasteiger partial charge >= 0.3 is 0 Å². The van der Waals surface area contributed by atoms with Gasteiger partial charge in [-0.1, -0.05) is 17.3 Å². The van der Waals surface area contributed by atoms with E-state index in [1.807, 2.05) is 0 Å². The lowest BCUT2D eigenvalue weighted by Gasteiger charge is -2.07. The van der Waals surface area contributed by atoms with E-state index in [1.54, 1.807) is 18.2 Å². The molecular weight excluding hydrogens is 249 g/mol. The van der Waals surface area contributed by atoms with Gasteiger partial charge in [0.05, 0.1) is 13.3 Å². The first kappa shape index (κ1) is 12.9. The maximum atomic E-state index is 13.6. The quantitative estimate of drug-likeness (QED) is 0.507. The molecule has 0 spiro atoms. The van der Waals surface area contributed by atoms with Crippen LogP contribution in [0.1, 0.15) is 5.56 Å². The summed E-state index contributed by atoms with van der Waals surface area (Å²) in [4.78, 5) is 0. The van der Waals surface area contributed by atoms with Crippen LogP contribution in [-0.2, 0) is 0 Å². The Hall–Kier alpha value is -2.56. The first-order valence-electron chi connectivity index (χ1n) is 5.50. The number of halogens is 1. The number of nitrogens with zero attached hydrogens (tertiary/aromatic N) is 1. The third kappa shape index (κ3) is 2.65. The van der Waals surface area contributed by atoms with Crippen LogP contribution >= 0.6 is 0 Å². The molecule has 0 aliphatic rings. The minimum absolute atomic E-state index is 0.0180. The Morgan fingerprint density at radius 3 is 2.47 bits per heavy atom. The van der Waals surface area contributed by atoms with Crippen molar-refractivity contribution in [2.45, 2.75) is 0 Å². The summed E-state index contributed by atoms with van der Waals surface area (Å²) in [5.74, 6) is -0.319. The van der Waals surface area contributed by atoms with E-state index < -0.39 is 5.82 Å². The average molecular weight is 261 g/mol. The van der Waals surface area contributed by atoms with Crippen molar-refractivity contribution >= 4 is 6.21 Å². The maximum Gasteiger partial charge on any atom is 0.165 e. The molecular formula is C14H12FNO3. The average Bonchev–Trinajstić information content (AvgIpc) is 2.41. The number of rotatable bonds is 3. The molecule has 0 heterocycles. The molecule has 98 valence electrons. The molecule has 0 bridgehead atoms. The monoisotopic (exact) mass is 261 g/mol. The number of phenols is 1. The Morgan fingerprint density at radius 2 is 1.84 bits per heavy atom. The van der Waals surface area contributed by atoms with Gasteiger partial charge in [0, 0.05) is 5.56 Å². The molecule has 4 nitrogen and oxygen atoms in total. The van der Waals surface area contributed by atoms with Crippen molar-refractivity contribution < 1.29 is 19.4 Å². The Morgan fingerprint density at radius 1 is 1.16 bits per heavy atom. The fraction of sp³-hybridized carbons (Fsp3) is 0.0714. The fourth-order valence-corrected chi connectivity index (χ4v) is 1.75. The van der Waals surface area contributed by atoms with E-state index in [0.29, 0.717) is 16.7 Å². The van der Waals surface area contributed by atoms with Gasteiger partial charge in [0.1, 0.15) is 5.75 Å². The minimum Gasteiger partial charge on any atom is -0.507 e. The molecule has 0 amide bonds. The number of aromatic hydroxyl groups is 1. The summed E-state index contributed by atoms with van der Waals surface area (Å²) in [6.45, 7) is 0. The van der Waals surface area contributed by atoms with E-state index in [9.17, 15) is 9.50 Å². The second-order valence-corrected chi connectivity index (χ2v) is 3.87. The molecule has 5 heteroatoms. The number of methoxy groups -OCH3 is 1. The summed E-state index contributed by atoms with van der Waals surface area (Å²) in [6.07, 6.45) is 1.11. The molecule has 2 aromatic carbocycles. The van der Waals surface area contributed by atoms with Gasteiger partial charge in [-0.05, 0) is 35.4 Å². The first-order chi connectivity index (χ1) is 9.15. The van der Waals surface area contributed by atoms with Crippen LogP contribution in [-0.4, -0.2) is 23.6 Å². The van der Waals surface area contributed by atoms with Crippen molar-refractivity contribution in [2.75, 3.05) is 7.11 Å². The molecule has 0 radical (unpaired) electrons. The number of oxime groups is 1. The number of ether oxygens (including phenoxy) is 1. The summed E-state index contributed by atoms with van der Waals surface area (Å²) in [5, 5.41) is 20.9. The third-order valence-electron chi connectivity index (χ3n) is 2.71. The predicted octanol–water partition coefficient (Wildman–Crippen LogP) is 3.02. The largest absolute Gasteiger partial charge is 0.507 e. The zero-order chi connectivity index (χ0) is 13.8. The van der Waals surface area contributed by atoms with Gasteiger partial charge in [-0.25, -0.2) is 4.39 Å². The van der Waals surface area contributed by atoms with Crippen LogP contribution in [0.15, 0.2) is 41.6 Å². The molecule has 0 saturated carbocycles. The second-order valence-electron chi connectivity index (χ2n) is 3.87. The predicted molar refractivity (Wildman–Crippen MR) is 69.4 cm³/mol. The van der Waals surface area contributed by atoms with Crippen LogP contribution in [0, 0.1) is 5.82 Å². The summed E-state index contributed by atoms with van der Waals surface area (Å²) >= 11 is 0. The maximum absolute atomic E-state index is 13.6. The summed E-state index contributed by atoms with van der Waals surface area (Å²) in [6, 6.07) is 9.26. The standard InChI is InChI=1S/C14H12FNO3/c1-19-14-5-3-10(7-12(14)15)9-2-4-13(17)11(6-9)8-16-18/h2-8,17-18H,1H3/b16-8+. The van der Waals surface area contributed by atoms with Crippen LogP contribution in [0.2, 0.25) is 0 Å². The lowest BCUT2D eigenvalue weighted by molar-refractivity contribution is 0.321. The van der Waals surface area contributed by atoms with Gasteiger partial charge in [-0.15, -0.1) is 0 Å². The summed E-state index contributed by atoms with van der Waals surface area (Å²) in [5.41, 5.74) is 1.66. The summed E-state index contributed by atoms with van der Waals surface area (Å²) < 4.78 is 18.5. The van der Waals surface area contributed by atoms with Gasteiger partial charge in [-0.3, -0.25) is 0 Å². The number of hydrogen-bond acceptors (Lipinski definition) is 4. The topological polar surface area (TPSA) is 62.0 Å². The molecule has 0 atom stereocenters. The highest BCUT2D eigenvalue weighted by Crippen LogP contribution is 2.28. The van der Waals surface area contributed by atoms with Crippen LogP contribution in [0.5, 0.6) is 11.5 Å². The molecule has 2 rings (SSSR count). The van der Waals surface area contributed by atoms with Gasteiger partial charge in [0.2, 0.25) is 0 Å². The van der Waals surface area contributed by atoms with Crippen LogP contribution in [0.4, 0.5) is 4.39 Å². The van der Waals surface area contributed by atoms with Crippen molar-refractivity contribution in [1.82, 2.24) is 0 Å². The zero-order valence-electron chi connectivity index (χ0n) is 10.2. The Labute approximate surface area is 109 Å². The normalized spacial score (nSPS) is 10.8. The van der Waals surface area contributed by atoms with Crippen molar-refractivity contribution in [3.8, 4) is 22.6 Å². The minimum atomic E-state index is -0.467. The highest BCUT2D eigenvalue weighted by molar-refractivity contribution is 5.85. The van der Waals surface area contributed by atoms with Crippen molar-refractivity contribution in [1.29, 1.82) is 0 Å². The van der Waals surface area contributed by atoms with Gasteiger partial charge in [0.15, 0.2) is 11.6 Å². The summed E-state index contributed by atoms with van der Waals surface area (Å²) in [7, 11) is 1.40. The van der Waals surface area contributed by atoms with Crippen molar-refractivity contribution in [3.63, 3.8) is 0 Å². The molecule has 2 N–H and O–H groups in total. The molecule has 2 aromatic rings. The zero-order valence-corrected chi connectivity index (χ0v) is 10.2. The van der Waals surface area contributed by atoms with Crippen molar-refractivity contribution in [2.24, 2.45) is 5.16 Å². The SMILES string of the molecule is COc1ccc(-c2ccc(O)c(/C=N/O)c2)cc1F. The Bertz CT molecular complexity index is 626. The van der Waals surface area contributed by atoms with Gasteiger partial charge in [0.25, 0.3) is 0 Å². The Kier molecular flexibility index (Phi) is 3.66. The van der Waals surface area contributed by atoms with Gasteiger partial charge < -0.3 is 15.1 Å².